The molecule has 0 bridgehead atoms. The molecule has 0 aliphatic carbocycles. The van der Waals surface area contributed by atoms with Gasteiger partial charge in [-0.15, -0.1) is 0 Å². The molecule has 0 spiro atoms. The van der Waals surface area contributed by atoms with Gasteiger partial charge in [0.25, 0.3) is 11.7 Å². The Labute approximate surface area is 180 Å². The fourth-order valence-corrected chi connectivity index (χ4v) is 3.81. The van der Waals surface area contributed by atoms with Gasteiger partial charge in [0.1, 0.15) is 5.76 Å². The van der Waals surface area contributed by atoms with Gasteiger partial charge in [0, 0.05) is 33.1 Å². The number of ketones is 1. The monoisotopic (exact) mass is 468 g/mol. The molecule has 1 saturated heterocycles. The van der Waals surface area contributed by atoms with Gasteiger partial charge in [-0.05, 0) is 54.1 Å². The van der Waals surface area contributed by atoms with Gasteiger partial charge in [0.2, 0.25) is 0 Å². The van der Waals surface area contributed by atoms with Crippen molar-refractivity contribution in [2.75, 3.05) is 4.90 Å². The minimum atomic E-state index is -0.793. The number of hydrogen-bond donors (Lipinski definition) is 1. The van der Waals surface area contributed by atoms with Crippen LogP contribution in [0.1, 0.15) is 17.2 Å². The van der Waals surface area contributed by atoms with Crippen molar-refractivity contribution < 1.29 is 14.7 Å². The van der Waals surface area contributed by atoms with E-state index in [2.05, 4.69) is 20.9 Å². The maximum absolute atomic E-state index is 13.0. The van der Waals surface area contributed by atoms with Gasteiger partial charge in [-0.2, -0.15) is 0 Å². The van der Waals surface area contributed by atoms with E-state index in [4.69, 9.17) is 11.6 Å². The molecular formula is C22H14BrClN2O3. The minimum absolute atomic E-state index is 0.00591. The largest absolute Gasteiger partial charge is 0.507 e. The highest BCUT2D eigenvalue weighted by molar-refractivity contribution is 9.10. The molecule has 1 unspecified atom stereocenters. The fourth-order valence-electron chi connectivity index (χ4n) is 3.35. The number of Topliss-reactive ketones (excluding diaryl/α,β-unsaturated/α-hetero) is 1. The molecule has 1 N–H and O–H groups in total. The maximum atomic E-state index is 13.0. The van der Waals surface area contributed by atoms with Crippen LogP contribution in [0, 0.1) is 0 Å². The number of aromatic nitrogens is 1. The molecule has 1 amide bonds. The van der Waals surface area contributed by atoms with E-state index in [1.54, 1.807) is 73.1 Å². The van der Waals surface area contributed by atoms with Crippen molar-refractivity contribution in [2.24, 2.45) is 0 Å². The van der Waals surface area contributed by atoms with Gasteiger partial charge in [0.05, 0.1) is 11.6 Å². The highest BCUT2D eigenvalue weighted by Gasteiger charge is 2.46. The van der Waals surface area contributed by atoms with Gasteiger partial charge < -0.3 is 5.11 Å². The van der Waals surface area contributed by atoms with Crippen LogP contribution in [0.25, 0.3) is 5.76 Å². The first-order valence-corrected chi connectivity index (χ1v) is 9.87. The van der Waals surface area contributed by atoms with Crippen molar-refractivity contribution in [1.82, 2.24) is 4.98 Å². The summed E-state index contributed by atoms with van der Waals surface area (Å²) in [7, 11) is 0. The Bertz CT molecular complexity index is 1130. The molecular weight excluding hydrogens is 456 g/mol. The van der Waals surface area contributed by atoms with E-state index >= 15 is 0 Å². The van der Waals surface area contributed by atoms with Gasteiger partial charge in [-0.25, -0.2) is 0 Å². The summed E-state index contributed by atoms with van der Waals surface area (Å²) >= 11 is 9.42. The number of halogens is 2. The molecule has 5 nitrogen and oxygen atoms in total. The smallest absolute Gasteiger partial charge is 0.300 e. The molecule has 2 aromatic carbocycles. The zero-order chi connectivity index (χ0) is 20.5. The number of amides is 1. The Hall–Kier alpha value is -2.96. The van der Waals surface area contributed by atoms with Crippen molar-refractivity contribution in [3.8, 4) is 0 Å². The molecule has 3 aromatic rings. The first-order chi connectivity index (χ1) is 14.0. The third-order valence-corrected chi connectivity index (χ3v) is 5.43. The van der Waals surface area contributed by atoms with E-state index in [1.165, 1.54) is 4.90 Å². The van der Waals surface area contributed by atoms with Crippen LogP contribution >= 0.6 is 27.5 Å². The molecule has 7 heteroatoms. The summed E-state index contributed by atoms with van der Waals surface area (Å²) in [5, 5.41) is 11.4. The molecule has 2 heterocycles. The lowest BCUT2D eigenvalue weighted by Gasteiger charge is -2.25. The Morgan fingerprint density at radius 1 is 1.03 bits per heavy atom. The molecule has 1 aliphatic rings. The van der Waals surface area contributed by atoms with Crippen LogP contribution in [0.4, 0.5) is 5.69 Å². The summed E-state index contributed by atoms with van der Waals surface area (Å²) in [6.07, 6.45) is 3.16. The van der Waals surface area contributed by atoms with Crippen molar-refractivity contribution in [3.05, 3.63) is 99.3 Å². The van der Waals surface area contributed by atoms with Crippen LogP contribution in [0.3, 0.4) is 0 Å². The van der Waals surface area contributed by atoms with E-state index in [0.29, 0.717) is 21.8 Å². The van der Waals surface area contributed by atoms with E-state index < -0.39 is 17.7 Å². The second kappa shape index (κ2) is 7.81. The van der Waals surface area contributed by atoms with Gasteiger partial charge in [-0.3, -0.25) is 19.5 Å². The summed E-state index contributed by atoms with van der Waals surface area (Å²) in [5.41, 5.74) is 1.57. The number of hydrogen-bond acceptors (Lipinski definition) is 4. The second-order valence-corrected chi connectivity index (χ2v) is 7.79. The molecule has 1 aliphatic heterocycles. The maximum Gasteiger partial charge on any atom is 0.300 e. The lowest BCUT2D eigenvalue weighted by molar-refractivity contribution is -0.132. The highest BCUT2D eigenvalue weighted by Crippen LogP contribution is 2.42. The summed E-state index contributed by atoms with van der Waals surface area (Å²) in [6, 6.07) is 16.2. The Kier molecular flexibility index (Phi) is 5.22. The predicted molar refractivity (Wildman–Crippen MR) is 115 cm³/mol. The van der Waals surface area contributed by atoms with Gasteiger partial charge >= 0.3 is 0 Å². The number of rotatable bonds is 3. The van der Waals surface area contributed by atoms with E-state index in [-0.39, 0.29) is 11.3 Å². The predicted octanol–water partition coefficient (Wildman–Crippen LogP) is 5.12. The van der Waals surface area contributed by atoms with Crippen LogP contribution in [0.2, 0.25) is 5.02 Å². The molecule has 0 saturated carbocycles. The number of pyridine rings is 1. The van der Waals surface area contributed by atoms with Crippen molar-refractivity contribution >= 4 is 50.7 Å². The number of nitrogens with zero attached hydrogens (tertiary/aromatic N) is 2. The zero-order valence-corrected chi connectivity index (χ0v) is 17.3. The number of aliphatic hydroxyl groups excluding tert-OH is 1. The molecule has 1 atom stereocenters. The summed E-state index contributed by atoms with van der Waals surface area (Å²) in [4.78, 5) is 31.3. The summed E-state index contributed by atoms with van der Waals surface area (Å²) in [6.45, 7) is 0. The van der Waals surface area contributed by atoms with Crippen molar-refractivity contribution in [3.63, 3.8) is 0 Å². The molecule has 144 valence electrons. The summed E-state index contributed by atoms with van der Waals surface area (Å²) in [5.74, 6) is -1.74. The number of carbonyl (C=O) groups excluding carboxylic acids is 2. The standard InChI is InChI=1S/C22H14BrClN2O3/c23-15-4-6-17(7-5-15)26-19(13-8-10-25-11-9-13)18(21(28)22(26)29)20(27)14-2-1-3-16(24)12-14/h1-12,19,27H/b20-18-. The first kappa shape index (κ1) is 19.4. The van der Waals surface area contributed by atoms with Crippen LogP contribution in [0.5, 0.6) is 0 Å². The number of benzene rings is 2. The number of carbonyl (C=O) groups is 2. The zero-order valence-electron chi connectivity index (χ0n) is 14.9. The Morgan fingerprint density at radius 2 is 1.72 bits per heavy atom. The van der Waals surface area contributed by atoms with E-state index in [0.717, 1.165) is 4.47 Å². The molecule has 1 fully saturated rings. The molecule has 0 radical (unpaired) electrons. The Morgan fingerprint density at radius 3 is 2.38 bits per heavy atom. The fraction of sp³-hybridized carbons (Fsp3) is 0.0455. The van der Waals surface area contributed by atoms with Crippen LogP contribution < -0.4 is 4.90 Å². The van der Waals surface area contributed by atoms with Gasteiger partial charge in [0.15, 0.2) is 0 Å². The van der Waals surface area contributed by atoms with Crippen LogP contribution in [-0.2, 0) is 9.59 Å². The van der Waals surface area contributed by atoms with Crippen LogP contribution in [-0.4, -0.2) is 21.8 Å². The third kappa shape index (κ3) is 3.57. The van der Waals surface area contributed by atoms with Crippen LogP contribution in [0.15, 0.2) is 83.1 Å². The van der Waals surface area contributed by atoms with E-state index in [1.807, 2.05) is 0 Å². The van der Waals surface area contributed by atoms with Gasteiger partial charge in [-0.1, -0.05) is 39.7 Å². The topological polar surface area (TPSA) is 70.5 Å². The lowest BCUT2D eigenvalue weighted by atomic mass is 9.96. The first-order valence-electron chi connectivity index (χ1n) is 8.70. The summed E-state index contributed by atoms with van der Waals surface area (Å²) < 4.78 is 0.845. The SMILES string of the molecule is O=C1C(=O)N(c2ccc(Br)cc2)C(c2ccncc2)/C1=C(/O)c1cccc(Cl)c1. The van der Waals surface area contributed by atoms with Crippen molar-refractivity contribution in [2.45, 2.75) is 6.04 Å². The minimum Gasteiger partial charge on any atom is -0.507 e. The second-order valence-electron chi connectivity index (χ2n) is 6.44. The average Bonchev–Trinajstić information content (AvgIpc) is 3.00. The molecule has 1 aromatic heterocycles. The van der Waals surface area contributed by atoms with E-state index in [9.17, 15) is 14.7 Å². The number of anilines is 1. The Balaban J connectivity index is 1.94. The highest BCUT2D eigenvalue weighted by atomic mass is 79.9. The quantitative estimate of drug-likeness (QED) is 0.328. The van der Waals surface area contributed by atoms with Crippen molar-refractivity contribution in [1.29, 1.82) is 0 Å². The molecule has 29 heavy (non-hydrogen) atoms. The normalized spacial score (nSPS) is 18.3. The average molecular weight is 470 g/mol. The third-order valence-electron chi connectivity index (χ3n) is 4.67. The molecule has 4 rings (SSSR count). The number of aliphatic hydroxyl groups is 1. The lowest BCUT2D eigenvalue weighted by Crippen LogP contribution is -2.29.